The smallest absolute Gasteiger partial charge is 0.407 e. The molecule has 0 bridgehead atoms. The van der Waals surface area contributed by atoms with Gasteiger partial charge in [0, 0.05) is 44.4 Å². The molecule has 0 unspecified atom stereocenters. The summed E-state index contributed by atoms with van der Waals surface area (Å²) in [7, 11) is 0. The third-order valence-electron chi connectivity index (χ3n) is 4.87. The van der Waals surface area contributed by atoms with Gasteiger partial charge in [-0.3, -0.25) is 19.8 Å². The minimum absolute atomic E-state index is 0.0115. The topological polar surface area (TPSA) is 158 Å². The van der Waals surface area contributed by atoms with Crippen LogP contribution in [0.2, 0.25) is 0 Å². The molecule has 0 aromatic heterocycles. The molecule has 0 aliphatic carbocycles. The van der Waals surface area contributed by atoms with Gasteiger partial charge in [0.25, 0.3) is 5.69 Å². The number of ether oxygens (including phenoxy) is 3. The summed E-state index contributed by atoms with van der Waals surface area (Å²) < 4.78 is 16.3. The first kappa shape index (κ1) is 27.9. The highest BCUT2D eigenvalue weighted by atomic mass is 16.6. The van der Waals surface area contributed by atoms with Gasteiger partial charge < -0.3 is 30.6 Å². The van der Waals surface area contributed by atoms with Gasteiger partial charge in [-0.1, -0.05) is 12.2 Å². The number of primary amides is 1. The van der Waals surface area contributed by atoms with Crippen LogP contribution in [-0.4, -0.2) is 80.0 Å². The number of rotatable bonds is 12. The van der Waals surface area contributed by atoms with Crippen molar-refractivity contribution in [1.82, 2.24) is 10.2 Å². The molecule has 0 saturated carbocycles. The average molecular weight is 494 g/mol. The maximum Gasteiger partial charge on any atom is 0.407 e. The second-order valence-corrected chi connectivity index (χ2v) is 8.88. The summed E-state index contributed by atoms with van der Waals surface area (Å²) in [5.74, 6) is -0.610. The highest BCUT2D eigenvalue weighted by Gasteiger charge is 2.22. The highest BCUT2D eigenvalue weighted by molar-refractivity contribution is 5.95. The number of nitrogens with zero attached hydrogens (tertiary/aromatic N) is 2. The monoisotopic (exact) mass is 493 g/mol. The van der Waals surface area contributed by atoms with E-state index >= 15 is 0 Å². The Bertz CT molecular complexity index is 908. The highest BCUT2D eigenvalue weighted by Crippen LogP contribution is 2.36. The molecule has 0 spiro atoms. The quantitative estimate of drug-likeness (QED) is 0.172. The number of carbonyl (C=O) groups excluding carboxylic acids is 2. The zero-order valence-corrected chi connectivity index (χ0v) is 20.5. The van der Waals surface area contributed by atoms with Crippen molar-refractivity contribution in [1.29, 1.82) is 0 Å². The molecule has 194 valence electrons. The molecular weight excluding hydrogens is 458 g/mol. The molecule has 2 amide bonds. The molecule has 12 nitrogen and oxygen atoms in total. The second-order valence-electron chi connectivity index (χ2n) is 8.88. The lowest BCUT2D eigenvalue weighted by Crippen LogP contribution is -2.37. The molecule has 1 aromatic carbocycles. The van der Waals surface area contributed by atoms with E-state index < -0.39 is 22.5 Å². The Morgan fingerprint density at radius 2 is 1.91 bits per heavy atom. The first-order chi connectivity index (χ1) is 16.6. The Morgan fingerprint density at radius 1 is 1.23 bits per heavy atom. The predicted molar refractivity (Wildman–Crippen MR) is 131 cm³/mol. The standard InChI is InChI=1S/C23H35N5O7/c1-23(2,3)35-22(30)26-8-5-4-7-25-20-18(28(31)32)15-17(21(24)29)16-19(20)34-12-6-9-27-10-13-33-14-11-27/h4-5,15-16,25H,6-14H2,1-3H3,(H2,24,29)(H,26,30)/b5-4+. The predicted octanol–water partition coefficient (Wildman–Crippen LogP) is 2.29. The minimum atomic E-state index is -0.786. The van der Waals surface area contributed by atoms with Crippen LogP contribution in [0.25, 0.3) is 0 Å². The van der Waals surface area contributed by atoms with Crippen molar-refractivity contribution in [2.24, 2.45) is 5.73 Å². The maximum absolute atomic E-state index is 11.7. The van der Waals surface area contributed by atoms with Gasteiger partial charge in [-0.05, 0) is 33.3 Å². The van der Waals surface area contributed by atoms with E-state index in [1.807, 2.05) is 0 Å². The van der Waals surface area contributed by atoms with Crippen LogP contribution in [-0.2, 0) is 9.47 Å². The number of benzene rings is 1. The van der Waals surface area contributed by atoms with Crippen molar-refractivity contribution in [3.8, 4) is 5.75 Å². The van der Waals surface area contributed by atoms with E-state index in [4.69, 9.17) is 19.9 Å². The maximum atomic E-state index is 11.7. The average Bonchev–Trinajstić information content (AvgIpc) is 2.78. The van der Waals surface area contributed by atoms with E-state index in [0.29, 0.717) is 26.2 Å². The zero-order chi connectivity index (χ0) is 25.8. The van der Waals surface area contributed by atoms with Crippen molar-refractivity contribution in [3.63, 3.8) is 0 Å². The molecule has 4 N–H and O–H groups in total. The van der Waals surface area contributed by atoms with Gasteiger partial charge in [0.1, 0.15) is 11.4 Å². The number of alkyl carbamates (subject to hydrolysis) is 1. The Balaban J connectivity index is 2.00. The van der Waals surface area contributed by atoms with Crippen LogP contribution in [0.1, 0.15) is 37.6 Å². The lowest BCUT2D eigenvalue weighted by Gasteiger charge is -2.26. The van der Waals surface area contributed by atoms with E-state index in [1.165, 1.54) is 6.07 Å². The first-order valence-electron chi connectivity index (χ1n) is 11.5. The Morgan fingerprint density at radius 3 is 2.54 bits per heavy atom. The van der Waals surface area contributed by atoms with E-state index in [0.717, 1.165) is 25.7 Å². The summed E-state index contributed by atoms with van der Waals surface area (Å²) in [6, 6.07) is 2.53. The molecule has 1 saturated heterocycles. The molecule has 1 aliphatic heterocycles. The molecular formula is C23H35N5O7. The summed E-state index contributed by atoms with van der Waals surface area (Å²) in [5, 5.41) is 17.2. The van der Waals surface area contributed by atoms with Gasteiger partial charge in [-0.2, -0.15) is 0 Å². The minimum Gasteiger partial charge on any atom is -0.491 e. The first-order valence-corrected chi connectivity index (χ1v) is 11.5. The summed E-state index contributed by atoms with van der Waals surface area (Å²) in [6.07, 6.45) is 3.54. The molecule has 1 heterocycles. The molecule has 0 radical (unpaired) electrons. The fourth-order valence-electron chi connectivity index (χ4n) is 3.26. The normalized spacial score (nSPS) is 14.5. The van der Waals surface area contributed by atoms with Crippen molar-refractivity contribution >= 4 is 23.4 Å². The van der Waals surface area contributed by atoms with Crippen LogP contribution in [0.5, 0.6) is 5.75 Å². The summed E-state index contributed by atoms with van der Waals surface area (Å²) in [5.41, 5.74) is 4.59. The van der Waals surface area contributed by atoms with Gasteiger partial charge in [0.15, 0.2) is 5.69 Å². The van der Waals surface area contributed by atoms with Gasteiger partial charge in [0.2, 0.25) is 5.91 Å². The Kier molecular flexibility index (Phi) is 10.7. The van der Waals surface area contributed by atoms with Gasteiger partial charge >= 0.3 is 6.09 Å². The zero-order valence-electron chi connectivity index (χ0n) is 20.5. The molecule has 0 atom stereocenters. The summed E-state index contributed by atoms with van der Waals surface area (Å²) >= 11 is 0. The lowest BCUT2D eigenvalue weighted by molar-refractivity contribution is -0.384. The molecule has 35 heavy (non-hydrogen) atoms. The van der Waals surface area contributed by atoms with Crippen LogP contribution >= 0.6 is 0 Å². The number of nitrogens with two attached hydrogens (primary N) is 1. The van der Waals surface area contributed by atoms with Crippen LogP contribution in [0.15, 0.2) is 24.3 Å². The summed E-state index contributed by atoms with van der Waals surface area (Å²) in [6.45, 7) is 9.96. The number of carbonyl (C=O) groups is 2. The molecule has 1 aromatic rings. The van der Waals surface area contributed by atoms with Crippen molar-refractivity contribution in [3.05, 3.63) is 40.0 Å². The van der Waals surface area contributed by atoms with Crippen molar-refractivity contribution in [2.75, 3.05) is 57.9 Å². The number of nitro groups is 1. The lowest BCUT2D eigenvalue weighted by atomic mass is 10.1. The van der Waals surface area contributed by atoms with Crippen LogP contribution in [0, 0.1) is 10.1 Å². The van der Waals surface area contributed by atoms with Crippen molar-refractivity contribution in [2.45, 2.75) is 32.8 Å². The number of nitrogens with one attached hydrogen (secondary N) is 2. The largest absolute Gasteiger partial charge is 0.491 e. The fourth-order valence-corrected chi connectivity index (χ4v) is 3.26. The molecule has 12 heteroatoms. The number of anilines is 1. The van der Waals surface area contributed by atoms with E-state index in [9.17, 15) is 19.7 Å². The molecule has 1 fully saturated rings. The Labute approximate surface area is 204 Å². The van der Waals surface area contributed by atoms with Crippen LogP contribution in [0.3, 0.4) is 0 Å². The van der Waals surface area contributed by atoms with E-state index in [-0.39, 0.29) is 35.8 Å². The van der Waals surface area contributed by atoms with E-state index in [2.05, 4.69) is 15.5 Å². The Hall–Kier alpha value is -3.38. The van der Waals surface area contributed by atoms with Gasteiger partial charge in [-0.15, -0.1) is 0 Å². The van der Waals surface area contributed by atoms with E-state index in [1.54, 1.807) is 32.9 Å². The van der Waals surface area contributed by atoms with Gasteiger partial charge in [0.05, 0.1) is 24.7 Å². The van der Waals surface area contributed by atoms with Crippen molar-refractivity contribution < 1.29 is 28.7 Å². The van der Waals surface area contributed by atoms with Gasteiger partial charge in [-0.25, -0.2) is 4.79 Å². The van der Waals surface area contributed by atoms with Crippen LogP contribution < -0.4 is 21.1 Å². The number of amides is 2. The third kappa shape index (κ3) is 10.2. The summed E-state index contributed by atoms with van der Waals surface area (Å²) in [4.78, 5) is 36.7. The number of nitro benzene ring substituents is 1. The SMILES string of the molecule is CC(C)(C)OC(=O)NC/C=C/CNc1c(OCCCN2CCOCC2)cc(C(N)=O)cc1[N+](=O)[O-]. The molecule has 1 aliphatic rings. The second kappa shape index (κ2) is 13.5. The molecule has 2 rings (SSSR count). The van der Waals surface area contributed by atoms with Crippen LogP contribution in [0.4, 0.5) is 16.2 Å². The number of morpholine rings is 1. The number of hydrogen-bond donors (Lipinski definition) is 3. The third-order valence-corrected chi connectivity index (χ3v) is 4.87. The fraction of sp³-hybridized carbons (Fsp3) is 0.565. The number of hydrogen-bond acceptors (Lipinski definition) is 9.